The number of nitrogens with zero attached hydrogens (tertiary/aromatic N) is 2. The molecule has 96 valence electrons. The maximum absolute atomic E-state index is 12.3. The van der Waals surface area contributed by atoms with Crippen molar-refractivity contribution >= 4 is 22.9 Å². The standard InChI is InChI=1S/C15H9N3O2/c16-8-4-5-9-10(7-8)14(19)15(20)13-12(9)17-11-3-1-2-6-18(11)13/h1-7H,16H2. The number of aromatic nitrogens is 2. The average molecular weight is 263 g/mol. The molecule has 0 fully saturated rings. The largest absolute Gasteiger partial charge is 0.399 e. The number of nitrogens with two attached hydrogens (primary N) is 1. The van der Waals surface area contributed by atoms with Gasteiger partial charge in [0.1, 0.15) is 17.0 Å². The molecule has 1 aliphatic rings. The maximum atomic E-state index is 12.3. The number of fused-ring (bicyclic) bond motifs is 5. The van der Waals surface area contributed by atoms with E-state index in [0.717, 1.165) is 0 Å². The smallest absolute Gasteiger partial charge is 0.252 e. The van der Waals surface area contributed by atoms with Gasteiger partial charge in [0.2, 0.25) is 5.78 Å². The molecule has 2 aromatic heterocycles. The van der Waals surface area contributed by atoms with Crippen molar-refractivity contribution in [3.8, 4) is 11.3 Å². The van der Waals surface area contributed by atoms with Crippen LogP contribution in [0.2, 0.25) is 0 Å². The predicted octanol–water partition coefficient (Wildman–Crippen LogP) is 1.96. The van der Waals surface area contributed by atoms with Gasteiger partial charge in [-0.3, -0.25) is 14.0 Å². The lowest BCUT2D eigenvalue weighted by Gasteiger charge is -2.14. The Bertz CT molecular complexity index is 909. The van der Waals surface area contributed by atoms with Gasteiger partial charge in [-0.15, -0.1) is 0 Å². The van der Waals surface area contributed by atoms with Gasteiger partial charge in [0.25, 0.3) is 5.78 Å². The Hall–Kier alpha value is -2.95. The zero-order chi connectivity index (χ0) is 13.9. The number of carbonyl (C=O) groups excluding carboxylic acids is 2. The van der Waals surface area contributed by atoms with E-state index in [2.05, 4.69) is 4.98 Å². The first-order valence-corrected chi connectivity index (χ1v) is 6.13. The van der Waals surface area contributed by atoms with Crippen LogP contribution >= 0.6 is 0 Å². The normalized spacial score (nSPS) is 13.4. The Balaban J connectivity index is 2.17. The summed E-state index contributed by atoms with van der Waals surface area (Å²) in [6.07, 6.45) is 1.73. The second-order valence-corrected chi connectivity index (χ2v) is 4.70. The number of anilines is 1. The Morgan fingerprint density at radius 2 is 1.85 bits per heavy atom. The van der Waals surface area contributed by atoms with E-state index in [4.69, 9.17) is 5.73 Å². The third-order valence-corrected chi connectivity index (χ3v) is 3.49. The van der Waals surface area contributed by atoms with E-state index in [-0.39, 0.29) is 0 Å². The number of pyridine rings is 1. The molecule has 1 aromatic carbocycles. The summed E-state index contributed by atoms with van der Waals surface area (Å²) >= 11 is 0. The van der Waals surface area contributed by atoms with Crippen LogP contribution in [0.4, 0.5) is 5.69 Å². The molecule has 4 rings (SSSR count). The number of carbonyl (C=O) groups is 2. The minimum atomic E-state index is -0.545. The summed E-state index contributed by atoms with van der Waals surface area (Å²) in [5, 5.41) is 0. The number of rotatable bonds is 0. The van der Waals surface area contributed by atoms with E-state index in [1.165, 1.54) is 6.07 Å². The van der Waals surface area contributed by atoms with Crippen molar-refractivity contribution in [2.75, 3.05) is 5.73 Å². The van der Waals surface area contributed by atoms with Crippen molar-refractivity contribution < 1.29 is 9.59 Å². The molecule has 5 nitrogen and oxygen atoms in total. The Kier molecular flexibility index (Phi) is 1.93. The summed E-state index contributed by atoms with van der Waals surface area (Å²) < 4.78 is 1.65. The fourth-order valence-corrected chi connectivity index (χ4v) is 2.59. The van der Waals surface area contributed by atoms with Gasteiger partial charge >= 0.3 is 0 Å². The van der Waals surface area contributed by atoms with Crippen LogP contribution in [0.1, 0.15) is 20.8 Å². The van der Waals surface area contributed by atoms with Crippen molar-refractivity contribution in [1.29, 1.82) is 0 Å². The fraction of sp³-hybridized carbons (Fsp3) is 0. The molecule has 20 heavy (non-hydrogen) atoms. The summed E-state index contributed by atoms with van der Waals surface area (Å²) in [7, 11) is 0. The molecule has 0 saturated heterocycles. The van der Waals surface area contributed by atoms with Gasteiger partial charge in [-0.1, -0.05) is 6.07 Å². The molecular formula is C15H9N3O2. The first-order valence-electron chi connectivity index (χ1n) is 6.13. The molecule has 0 bridgehead atoms. The maximum Gasteiger partial charge on any atom is 0.252 e. The SMILES string of the molecule is Nc1ccc2c(c1)C(=O)C(=O)c1c-2nc2ccccn12. The first kappa shape index (κ1) is 10.9. The summed E-state index contributed by atoms with van der Waals surface area (Å²) in [5.74, 6) is -1.08. The van der Waals surface area contributed by atoms with E-state index in [1.54, 1.807) is 34.9 Å². The van der Waals surface area contributed by atoms with Crippen LogP contribution in [0, 0.1) is 0 Å². The summed E-state index contributed by atoms with van der Waals surface area (Å²) in [6.45, 7) is 0. The van der Waals surface area contributed by atoms with Crippen LogP contribution in [-0.4, -0.2) is 21.0 Å². The Labute approximate surface area is 113 Å². The molecule has 0 amide bonds. The number of imidazole rings is 1. The van der Waals surface area contributed by atoms with Crippen LogP contribution in [0.5, 0.6) is 0 Å². The lowest BCUT2D eigenvalue weighted by Crippen LogP contribution is -2.22. The van der Waals surface area contributed by atoms with Crippen molar-refractivity contribution in [3.05, 3.63) is 53.9 Å². The molecule has 1 aliphatic carbocycles. The summed E-state index contributed by atoms with van der Waals surface area (Å²) in [6, 6.07) is 10.4. The molecule has 2 N–H and O–H groups in total. The van der Waals surface area contributed by atoms with Crippen molar-refractivity contribution in [1.82, 2.24) is 9.38 Å². The topological polar surface area (TPSA) is 77.5 Å². The molecule has 0 atom stereocenters. The van der Waals surface area contributed by atoms with Gasteiger partial charge in [0.05, 0.1) is 0 Å². The second kappa shape index (κ2) is 3.54. The number of benzene rings is 1. The summed E-state index contributed by atoms with van der Waals surface area (Å²) in [5.41, 5.74) is 8.63. The highest BCUT2D eigenvalue weighted by Crippen LogP contribution is 2.34. The number of hydrogen-bond donors (Lipinski definition) is 1. The number of ketones is 2. The first-order chi connectivity index (χ1) is 9.66. The second-order valence-electron chi connectivity index (χ2n) is 4.70. The van der Waals surface area contributed by atoms with E-state index < -0.39 is 11.6 Å². The lowest BCUT2D eigenvalue weighted by molar-refractivity contribution is 0.0812. The quantitative estimate of drug-likeness (QED) is 0.497. The highest BCUT2D eigenvalue weighted by atomic mass is 16.2. The molecule has 0 spiro atoms. The van der Waals surface area contributed by atoms with Crippen LogP contribution < -0.4 is 5.73 Å². The third-order valence-electron chi connectivity index (χ3n) is 3.49. The van der Waals surface area contributed by atoms with Gasteiger partial charge in [-0.05, 0) is 30.3 Å². The van der Waals surface area contributed by atoms with Crippen LogP contribution in [0.25, 0.3) is 16.9 Å². The number of hydrogen-bond acceptors (Lipinski definition) is 4. The number of nitrogen functional groups attached to an aromatic ring is 1. The van der Waals surface area contributed by atoms with Gasteiger partial charge in [0.15, 0.2) is 0 Å². The van der Waals surface area contributed by atoms with Crippen LogP contribution in [0.3, 0.4) is 0 Å². The van der Waals surface area contributed by atoms with Crippen molar-refractivity contribution in [3.63, 3.8) is 0 Å². The summed E-state index contributed by atoms with van der Waals surface area (Å²) in [4.78, 5) is 29.0. The minimum absolute atomic E-state index is 0.322. The molecular weight excluding hydrogens is 254 g/mol. The van der Waals surface area contributed by atoms with Gasteiger partial charge < -0.3 is 5.73 Å². The highest BCUT2D eigenvalue weighted by Gasteiger charge is 2.34. The Morgan fingerprint density at radius 3 is 2.70 bits per heavy atom. The molecule has 5 heteroatoms. The molecule has 2 heterocycles. The Morgan fingerprint density at radius 1 is 1.00 bits per heavy atom. The van der Waals surface area contributed by atoms with Gasteiger partial charge in [0, 0.05) is 23.0 Å². The lowest BCUT2D eigenvalue weighted by atomic mass is 9.90. The minimum Gasteiger partial charge on any atom is -0.399 e. The zero-order valence-corrected chi connectivity index (χ0v) is 10.3. The molecule has 3 aromatic rings. The third kappa shape index (κ3) is 1.23. The predicted molar refractivity (Wildman–Crippen MR) is 73.7 cm³/mol. The molecule has 0 saturated carbocycles. The van der Waals surface area contributed by atoms with E-state index in [9.17, 15) is 9.59 Å². The average Bonchev–Trinajstić information content (AvgIpc) is 2.84. The zero-order valence-electron chi connectivity index (χ0n) is 10.3. The van der Waals surface area contributed by atoms with Crippen molar-refractivity contribution in [2.45, 2.75) is 0 Å². The van der Waals surface area contributed by atoms with Gasteiger partial charge in [-0.25, -0.2) is 4.98 Å². The molecule has 0 aliphatic heterocycles. The highest BCUT2D eigenvalue weighted by molar-refractivity contribution is 6.52. The van der Waals surface area contributed by atoms with E-state index in [0.29, 0.717) is 33.8 Å². The van der Waals surface area contributed by atoms with E-state index >= 15 is 0 Å². The van der Waals surface area contributed by atoms with E-state index in [1.807, 2.05) is 6.07 Å². The van der Waals surface area contributed by atoms with Crippen LogP contribution in [-0.2, 0) is 0 Å². The molecule has 0 radical (unpaired) electrons. The van der Waals surface area contributed by atoms with Crippen molar-refractivity contribution in [2.24, 2.45) is 0 Å². The van der Waals surface area contributed by atoms with Gasteiger partial charge in [-0.2, -0.15) is 0 Å². The van der Waals surface area contributed by atoms with Crippen LogP contribution in [0.15, 0.2) is 42.6 Å². The fourth-order valence-electron chi connectivity index (χ4n) is 2.59. The number of Topliss-reactive ketones (excluding diaryl/α,β-unsaturated/α-hetero) is 2. The monoisotopic (exact) mass is 263 g/mol. The molecule has 0 unspecified atom stereocenters.